The standard InChI is InChI=1S/C25H19FN2O3S/c1-16-5-4-6-18(13-16)15-31-19-11-9-17(10-12-19)14-20-23(29)27-25(32)28(24(20)30)22-8-3-2-7-21(22)26/h2-14H,15H2,1H3,(H,27,29,32)/b20-14+. The summed E-state index contributed by atoms with van der Waals surface area (Å²) < 4.78 is 20.0. The second-order valence-electron chi connectivity index (χ2n) is 7.26. The summed E-state index contributed by atoms with van der Waals surface area (Å²) in [5.74, 6) is -1.29. The van der Waals surface area contributed by atoms with E-state index in [9.17, 15) is 14.0 Å². The van der Waals surface area contributed by atoms with Crippen LogP contribution >= 0.6 is 12.2 Å². The van der Waals surface area contributed by atoms with Crippen LogP contribution in [-0.4, -0.2) is 16.9 Å². The number of benzene rings is 3. The number of anilines is 1. The Labute approximate surface area is 190 Å². The van der Waals surface area contributed by atoms with E-state index in [1.54, 1.807) is 30.3 Å². The Bertz CT molecular complexity index is 1240. The molecule has 3 aromatic rings. The zero-order valence-corrected chi connectivity index (χ0v) is 18.0. The van der Waals surface area contributed by atoms with Crippen molar-refractivity contribution in [1.29, 1.82) is 0 Å². The molecule has 1 aliphatic rings. The molecule has 0 spiro atoms. The smallest absolute Gasteiger partial charge is 0.270 e. The summed E-state index contributed by atoms with van der Waals surface area (Å²) in [7, 11) is 0. The van der Waals surface area contributed by atoms with Crippen molar-refractivity contribution < 1.29 is 18.7 Å². The van der Waals surface area contributed by atoms with Crippen molar-refractivity contribution in [1.82, 2.24) is 5.32 Å². The summed E-state index contributed by atoms with van der Waals surface area (Å²) in [5, 5.41) is 2.28. The van der Waals surface area contributed by atoms with Gasteiger partial charge in [0.05, 0.1) is 5.69 Å². The molecule has 0 radical (unpaired) electrons. The maximum atomic E-state index is 14.2. The molecule has 1 fully saturated rings. The SMILES string of the molecule is Cc1cccc(COc2ccc(/C=C3\C(=O)NC(=S)N(c4ccccc4F)C3=O)cc2)c1. The quantitative estimate of drug-likeness (QED) is 0.355. The van der Waals surface area contributed by atoms with E-state index in [0.29, 0.717) is 17.9 Å². The lowest BCUT2D eigenvalue weighted by atomic mass is 10.1. The van der Waals surface area contributed by atoms with E-state index in [1.165, 1.54) is 24.3 Å². The summed E-state index contributed by atoms with van der Waals surface area (Å²) in [4.78, 5) is 26.4. The minimum absolute atomic E-state index is 0.0201. The Balaban J connectivity index is 1.53. The first-order valence-electron chi connectivity index (χ1n) is 9.87. The molecule has 0 aromatic heterocycles. The fraction of sp³-hybridized carbons (Fsp3) is 0.0800. The molecular weight excluding hydrogens is 427 g/mol. The van der Waals surface area contributed by atoms with Crippen LogP contribution in [0.4, 0.5) is 10.1 Å². The highest BCUT2D eigenvalue weighted by atomic mass is 32.1. The number of carbonyl (C=O) groups is 2. The molecule has 0 unspecified atom stereocenters. The summed E-state index contributed by atoms with van der Waals surface area (Å²) in [5.41, 5.74) is 2.67. The van der Waals surface area contributed by atoms with Crippen molar-refractivity contribution in [3.63, 3.8) is 0 Å². The highest BCUT2D eigenvalue weighted by Gasteiger charge is 2.35. The van der Waals surface area contributed by atoms with E-state index in [0.717, 1.165) is 16.0 Å². The molecule has 1 N–H and O–H groups in total. The molecule has 0 aliphatic carbocycles. The number of amides is 2. The Morgan fingerprint density at radius 1 is 1.03 bits per heavy atom. The van der Waals surface area contributed by atoms with Crippen LogP contribution in [0, 0.1) is 12.7 Å². The Morgan fingerprint density at radius 2 is 1.78 bits per heavy atom. The monoisotopic (exact) mass is 446 g/mol. The van der Waals surface area contributed by atoms with Gasteiger partial charge in [-0.3, -0.25) is 14.9 Å². The number of thiocarbonyl (C=S) groups is 1. The number of ether oxygens (including phenoxy) is 1. The van der Waals surface area contributed by atoms with Gasteiger partial charge in [-0.15, -0.1) is 0 Å². The second-order valence-corrected chi connectivity index (χ2v) is 7.64. The Hall–Kier alpha value is -3.84. The molecule has 1 saturated heterocycles. The first-order chi connectivity index (χ1) is 15.4. The van der Waals surface area contributed by atoms with Crippen molar-refractivity contribution >= 4 is 40.9 Å². The van der Waals surface area contributed by atoms with E-state index in [-0.39, 0.29) is 16.4 Å². The van der Waals surface area contributed by atoms with E-state index in [2.05, 4.69) is 11.4 Å². The third-order valence-electron chi connectivity index (χ3n) is 4.87. The van der Waals surface area contributed by atoms with Crippen LogP contribution < -0.4 is 15.0 Å². The summed E-state index contributed by atoms with van der Waals surface area (Å²) in [6.07, 6.45) is 1.44. The number of para-hydroxylation sites is 1. The van der Waals surface area contributed by atoms with Gasteiger partial charge in [-0.25, -0.2) is 9.29 Å². The third-order valence-corrected chi connectivity index (χ3v) is 5.16. The number of halogens is 1. The Kier molecular flexibility index (Phi) is 6.09. The highest BCUT2D eigenvalue weighted by molar-refractivity contribution is 7.80. The van der Waals surface area contributed by atoms with Crippen LogP contribution in [-0.2, 0) is 16.2 Å². The van der Waals surface area contributed by atoms with E-state index in [1.807, 2.05) is 25.1 Å². The maximum absolute atomic E-state index is 14.2. The van der Waals surface area contributed by atoms with Gasteiger partial charge in [0.2, 0.25) is 0 Å². The maximum Gasteiger partial charge on any atom is 0.270 e. The second kappa shape index (κ2) is 9.11. The van der Waals surface area contributed by atoms with Crippen molar-refractivity contribution in [2.24, 2.45) is 0 Å². The molecule has 3 aromatic carbocycles. The first kappa shape index (κ1) is 21.4. The zero-order valence-electron chi connectivity index (χ0n) is 17.2. The van der Waals surface area contributed by atoms with Crippen LogP contribution in [0.2, 0.25) is 0 Å². The van der Waals surface area contributed by atoms with E-state index in [4.69, 9.17) is 17.0 Å². The number of nitrogens with zero attached hydrogens (tertiary/aromatic N) is 1. The van der Waals surface area contributed by atoms with Gasteiger partial charge in [0.1, 0.15) is 23.7 Å². The molecule has 160 valence electrons. The van der Waals surface area contributed by atoms with Gasteiger partial charge in [-0.05, 0) is 60.6 Å². The van der Waals surface area contributed by atoms with E-state index < -0.39 is 17.6 Å². The number of rotatable bonds is 5. The average molecular weight is 447 g/mol. The fourth-order valence-corrected chi connectivity index (χ4v) is 3.58. The number of carbonyl (C=O) groups excluding carboxylic acids is 2. The third kappa shape index (κ3) is 4.58. The molecule has 1 aliphatic heterocycles. The van der Waals surface area contributed by atoms with Crippen molar-refractivity contribution in [2.45, 2.75) is 13.5 Å². The number of aryl methyl sites for hydroxylation is 1. The van der Waals surface area contributed by atoms with Gasteiger partial charge >= 0.3 is 0 Å². The summed E-state index contributed by atoms with van der Waals surface area (Å²) in [6.45, 7) is 2.45. The molecule has 7 heteroatoms. The lowest BCUT2D eigenvalue weighted by Gasteiger charge is -2.29. The van der Waals surface area contributed by atoms with Crippen LogP contribution in [0.5, 0.6) is 5.75 Å². The first-order valence-corrected chi connectivity index (χ1v) is 10.3. The van der Waals surface area contributed by atoms with Crippen molar-refractivity contribution in [3.05, 3.63) is 101 Å². The van der Waals surface area contributed by atoms with Crippen LogP contribution in [0.1, 0.15) is 16.7 Å². The van der Waals surface area contributed by atoms with Gasteiger partial charge in [-0.2, -0.15) is 0 Å². The summed E-state index contributed by atoms with van der Waals surface area (Å²) >= 11 is 5.10. The molecule has 0 saturated carbocycles. The van der Waals surface area contributed by atoms with Crippen LogP contribution in [0.25, 0.3) is 6.08 Å². The van der Waals surface area contributed by atoms with Crippen molar-refractivity contribution in [3.8, 4) is 5.75 Å². The topological polar surface area (TPSA) is 58.6 Å². The van der Waals surface area contributed by atoms with Crippen LogP contribution in [0.3, 0.4) is 0 Å². The highest BCUT2D eigenvalue weighted by Crippen LogP contribution is 2.25. The zero-order chi connectivity index (χ0) is 22.7. The van der Waals surface area contributed by atoms with Crippen LogP contribution in [0.15, 0.2) is 78.4 Å². The van der Waals surface area contributed by atoms with Crippen molar-refractivity contribution in [2.75, 3.05) is 4.90 Å². The lowest BCUT2D eigenvalue weighted by molar-refractivity contribution is -0.122. The van der Waals surface area contributed by atoms with Gasteiger partial charge in [-0.1, -0.05) is 54.1 Å². The average Bonchev–Trinajstić information content (AvgIpc) is 2.77. The molecule has 0 atom stereocenters. The fourth-order valence-electron chi connectivity index (χ4n) is 3.30. The molecule has 2 amide bonds. The number of nitrogens with one attached hydrogen (secondary N) is 1. The normalized spacial score (nSPS) is 15.1. The number of hydrogen-bond acceptors (Lipinski definition) is 4. The Morgan fingerprint density at radius 3 is 2.50 bits per heavy atom. The van der Waals surface area contributed by atoms with Gasteiger partial charge in [0, 0.05) is 0 Å². The molecule has 5 nitrogen and oxygen atoms in total. The van der Waals surface area contributed by atoms with Gasteiger partial charge in [0.25, 0.3) is 11.8 Å². The van der Waals surface area contributed by atoms with E-state index >= 15 is 0 Å². The molecule has 4 rings (SSSR count). The summed E-state index contributed by atoms with van der Waals surface area (Å²) in [6, 6.07) is 20.8. The van der Waals surface area contributed by atoms with Gasteiger partial charge in [0.15, 0.2) is 5.11 Å². The largest absolute Gasteiger partial charge is 0.489 e. The predicted molar refractivity (Wildman–Crippen MR) is 125 cm³/mol. The minimum Gasteiger partial charge on any atom is -0.489 e. The molecule has 1 heterocycles. The molecule has 0 bridgehead atoms. The molecule has 32 heavy (non-hydrogen) atoms. The predicted octanol–water partition coefficient (Wildman–Crippen LogP) is 4.54. The molecular formula is C25H19FN2O3S. The van der Waals surface area contributed by atoms with Gasteiger partial charge < -0.3 is 4.74 Å². The lowest BCUT2D eigenvalue weighted by Crippen LogP contribution is -2.54. The number of hydrogen-bond donors (Lipinski definition) is 1. The minimum atomic E-state index is -0.691.